The molecule has 1 N–H and O–H groups in total. The summed E-state index contributed by atoms with van der Waals surface area (Å²) in [6.45, 7) is 4.24. The lowest BCUT2D eigenvalue weighted by Crippen LogP contribution is -2.41. The van der Waals surface area contributed by atoms with Crippen LogP contribution < -0.4 is 5.32 Å². The van der Waals surface area contributed by atoms with E-state index in [9.17, 15) is 0 Å². The zero-order valence-electron chi connectivity index (χ0n) is 13.8. The summed E-state index contributed by atoms with van der Waals surface area (Å²) in [6.07, 6.45) is 9.22. The van der Waals surface area contributed by atoms with Gasteiger partial charge in [0.1, 0.15) is 0 Å². The van der Waals surface area contributed by atoms with Crippen LogP contribution in [0.2, 0.25) is 0 Å². The van der Waals surface area contributed by atoms with E-state index in [0.29, 0.717) is 0 Å². The van der Waals surface area contributed by atoms with Crippen molar-refractivity contribution in [3.05, 3.63) is 71.2 Å². The summed E-state index contributed by atoms with van der Waals surface area (Å²) in [4.78, 5) is 5.02. The Morgan fingerprint density at radius 1 is 1.17 bits per heavy atom. The molecular weight excluding hydrogens is 282 g/mol. The van der Waals surface area contributed by atoms with Gasteiger partial charge < -0.3 is 10.2 Å². The van der Waals surface area contributed by atoms with Crippen molar-refractivity contribution in [3.63, 3.8) is 0 Å². The minimum Gasteiger partial charge on any atom is -0.375 e. The highest BCUT2D eigenvalue weighted by atomic mass is 15.2. The summed E-state index contributed by atoms with van der Waals surface area (Å²) in [6, 6.07) is 10.8. The van der Waals surface area contributed by atoms with Crippen LogP contribution in [0.3, 0.4) is 0 Å². The molecule has 4 rings (SSSR count). The Balaban J connectivity index is 1.56. The molecule has 3 heteroatoms. The third kappa shape index (κ3) is 3.35. The lowest BCUT2D eigenvalue weighted by molar-refractivity contribution is 0.255. The molecule has 0 aromatic heterocycles. The van der Waals surface area contributed by atoms with Gasteiger partial charge >= 0.3 is 0 Å². The molecule has 0 unspecified atom stereocenters. The molecule has 0 spiro atoms. The summed E-state index contributed by atoms with van der Waals surface area (Å²) in [5, 5.41) is 3.49. The summed E-state index contributed by atoms with van der Waals surface area (Å²) >= 11 is 0. The summed E-state index contributed by atoms with van der Waals surface area (Å²) in [7, 11) is 2.25. The van der Waals surface area contributed by atoms with Gasteiger partial charge in [-0.1, -0.05) is 36.4 Å². The van der Waals surface area contributed by atoms with Crippen molar-refractivity contribution in [2.45, 2.75) is 19.4 Å². The Kier molecular flexibility index (Phi) is 3.96. The van der Waals surface area contributed by atoms with Gasteiger partial charge in [0.15, 0.2) is 0 Å². The number of rotatable bonds is 5. The van der Waals surface area contributed by atoms with E-state index >= 15 is 0 Å². The Hall–Kier alpha value is -2.00. The van der Waals surface area contributed by atoms with Gasteiger partial charge in [-0.25, -0.2) is 0 Å². The monoisotopic (exact) mass is 307 g/mol. The van der Waals surface area contributed by atoms with E-state index in [4.69, 9.17) is 0 Å². The maximum Gasteiger partial charge on any atom is 0.0633 e. The van der Waals surface area contributed by atoms with Crippen LogP contribution in [0.25, 0.3) is 0 Å². The van der Waals surface area contributed by atoms with Crippen molar-refractivity contribution in [3.8, 4) is 0 Å². The fourth-order valence-electron chi connectivity index (χ4n) is 3.52. The lowest BCUT2D eigenvalue weighted by atomic mass is 10.0. The fourth-order valence-corrected chi connectivity index (χ4v) is 3.52. The van der Waals surface area contributed by atoms with Crippen LogP contribution >= 0.6 is 0 Å². The van der Waals surface area contributed by atoms with Crippen molar-refractivity contribution in [1.29, 1.82) is 0 Å². The smallest absolute Gasteiger partial charge is 0.0633 e. The molecule has 0 amide bonds. The average molecular weight is 307 g/mol. The van der Waals surface area contributed by atoms with E-state index in [0.717, 1.165) is 25.6 Å². The number of likely N-dealkylation sites (N-methyl/N-ethyl adjacent to an activating group) is 1. The molecule has 1 aliphatic carbocycles. The second-order valence-electron chi connectivity index (χ2n) is 6.97. The van der Waals surface area contributed by atoms with Gasteiger partial charge in [0.25, 0.3) is 0 Å². The van der Waals surface area contributed by atoms with E-state index in [1.807, 2.05) is 0 Å². The van der Waals surface area contributed by atoms with Crippen LogP contribution in [-0.4, -0.2) is 36.5 Å². The van der Waals surface area contributed by atoms with Gasteiger partial charge in [0, 0.05) is 39.4 Å². The minimum atomic E-state index is 0.907. The number of fused-ring (bicyclic) bond motifs is 1. The first kappa shape index (κ1) is 14.6. The molecule has 3 aliphatic rings. The number of benzene rings is 1. The lowest BCUT2D eigenvalue weighted by Gasteiger charge is -2.37. The molecule has 1 aromatic carbocycles. The Bertz CT molecular complexity index is 653. The number of nitrogens with one attached hydrogen (secondary N) is 1. The zero-order chi connectivity index (χ0) is 15.6. The molecule has 0 bridgehead atoms. The van der Waals surface area contributed by atoms with E-state index < -0.39 is 0 Å². The fraction of sp³-hybridized carbons (Fsp3) is 0.400. The standard InChI is InChI=1S/C20H25N3/c1-22(12-17-9-10-17)19-15-23(13-16-6-3-2-4-7-16)14-18-8-5-11-21-20(18)19/h2-8,11,17,21H,9-10,12-15H2,1H3. The van der Waals surface area contributed by atoms with Crippen molar-refractivity contribution in [1.82, 2.24) is 15.1 Å². The summed E-state index contributed by atoms with van der Waals surface area (Å²) in [5.74, 6) is 0.907. The normalized spacial score (nSPS) is 20.8. The first-order chi connectivity index (χ1) is 11.3. The number of nitrogens with zero attached hydrogens (tertiary/aromatic N) is 2. The molecule has 3 nitrogen and oxygen atoms in total. The molecule has 120 valence electrons. The molecule has 0 radical (unpaired) electrons. The van der Waals surface area contributed by atoms with Crippen LogP contribution in [-0.2, 0) is 6.54 Å². The molecule has 23 heavy (non-hydrogen) atoms. The van der Waals surface area contributed by atoms with Crippen molar-refractivity contribution >= 4 is 0 Å². The van der Waals surface area contributed by atoms with Crippen LogP contribution in [0, 0.1) is 5.92 Å². The molecule has 0 saturated heterocycles. The van der Waals surface area contributed by atoms with Gasteiger partial charge in [-0.2, -0.15) is 0 Å². The molecule has 1 aromatic rings. The van der Waals surface area contributed by atoms with Crippen LogP contribution in [0.15, 0.2) is 65.7 Å². The molecule has 2 aliphatic heterocycles. The van der Waals surface area contributed by atoms with E-state index in [2.05, 4.69) is 70.8 Å². The van der Waals surface area contributed by atoms with Gasteiger partial charge in [-0.3, -0.25) is 4.90 Å². The summed E-state index contributed by atoms with van der Waals surface area (Å²) < 4.78 is 0. The van der Waals surface area contributed by atoms with Crippen molar-refractivity contribution in [2.24, 2.45) is 5.92 Å². The molecule has 0 atom stereocenters. The predicted molar refractivity (Wildman–Crippen MR) is 94.5 cm³/mol. The van der Waals surface area contributed by atoms with Gasteiger partial charge in [-0.15, -0.1) is 0 Å². The maximum absolute atomic E-state index is 3.49. The topological polar surface area (TPSA) is 18.5 Å². The highest BCUT2D eigenvalue weighted by Crippen LogP contribution is 2.32. The van der Waals surface area contributed by atoms with E-state index in [-0.39, 0.29) is 0 Å². The second-order valence-corrected chi connectivity index (χ2v) is 6.97. The van der Waals surface area contributed by atoms with Crippen molar-refractivity contribution in [2.75, 3.05) is 26.7 Å². The van der Waals surface area contributed by atoms with Gasteiger partial charge in [0.05, 0.1) is 11.4 Å². The zero-order valence-corrected chi connectivity index (χ0v) is 13.8. The Morgan fingerprint density at radius 3 is 2.78 bits per heavy atom. The SMILES string of the molecule is CN(CC1CC1)C1=C2NC=CC=C2CN(Cc2ccccc2)C1. The second kappa shape index (κ2) is 6.25. The quantitative estimate of drug-likeness (QED) is 0.902. The molecular formula is C20H25N3. The molecule has 1 saturated carbocycles. The number of allylic oxidation sites excluding steroid dienone is 2. The number of hydrogen-bond donors (Lipinski definition) is 1. The molecule has 2 heterocycles. The molecule has 1 fully saturated rings. The Morgan fingerprint density at radius 2 is 2.00 bits per heavy atom. The highest BCUT2D eigenvalue weighted by molar-refractivity contribution is 5.43. The van der Waals surface area contributed by atoms with Crippen LogP contribution in [0.4, 0.5) is 0 Å². The highest BCUT2D eigenvalue weighted by Gasteiger charge is 2.29. The van der Waals surface area contributed by atoms with E-state index in [1.54, 1.807) is 0 Å². The number of hydrogen-bond acceptors (Lipinski definition) is 3. The number of dihydropyridines is 1. The van der Waals surface area contributed by atoms with Crippen LogP contribution in [0.1, 0.15) is 18.4 Å². The minimum absolute atomic E-state index is 0.907. The summed E-state index contributed by atoms with van der Waals surface area (Å²) in [5.41, 5.74) is 5.57. The van der Waals surface area contributed by atoms with Crippen LogP contribution in [0.5, 0.6) is 0 Å². The van der Waals surface area contributed by atoms with Gasteiger partial charge in [0.2, 0.25) is 0 Å². The van der Waals surface area contributed by atoms with Gasteiger partial charge in [-0.05, 0) is 36.0 Å². The average Bonchev–Trinajstić information content (AvgIpc) is 3.39. The first-order valence-corrected chi connectivity index (χ1v) is 8.63. The van der Waals surface area contributed by atoms with E-state index in [1.165, 1.54) is 41.9 Å². The maximum atomic E-state index is 3.49. The first-order valence-electron chi connectivity index (χ1n) is 8.63. The predicted octanol–water partition coefficient (Wildman–Crippen LogP) is 3.10. The van der Waals surface area contributed by atoms with Crippen molar-refractivity contribution < 1.29 is 0 Å². The third-order valence-corrected chi connectivity index (χ3v) is 4.94. The third-order valence-electron chi connectivity index (χ3n) is 4.94. The largest absolute Gasteiger partial charge is 0.375 e. The Labute approximate surface area is 139 Å².